The Kier molecular flexibility index (Phi) is 4.06. The third-order valence-electron chi connectivity index (χ3n) is 2.63. The lowest BCUT2D eigenvalue weighted by Crippen LogP contribution is -2.13. The molecule has 0 bridgehead atoms. The molecule has 0 saturated carbocycles. The Morgan fingerprint density at radius 3 is 2.68 bits per heavy atom. The fourth-order valence-electron chi connectivity index (χ4n) is 1.61. The Bertz CT molecular complexity index is 614. The molecule has 0 heterocycles. The van der Waals surface area contributed by atoms with Crippen molar-refractivity contribution in [2.45, 2.75) is 0 Å². The zero-order valence-electron chi connectivity index (χ0n) is 10.3. The molecule has 0 aromatic heterocycles. The van der Waals surface area contributed by atoms with Crippen molar-refractivity contribution in [1.29, 1.82) is 0 Å². The van der Waals surface area contributed by atoms with E-state index < -0.39 is 0 Å². The summed E-state index contributed by atoms with van der Waals surface area (Å²) in [6.45, 7) is 0. The van der Waals surface area contributed by atoms with E-state index in [2.05, 4.69) is 21.2 Å². The molecule has 0 aliphatic carbocycles. The topological polar surface area (TPSA) is 64.3 Å². The molecule has 0 aliphatic heterocycles. The van der Waals surface area contributed by atoms with Gasteiger partial charge in [-0.25, -0.2) is 0 Å². The number of hydrogen-bond donors (Lipinski definition) is 2. The molecule has 2 rings (SSSR count). The summed E-state index contributed by atoms with van der Waals surface area (Å²) in [6, 6.07) is 12.3. The van der Waals surface area contributed by atoms with E-state index >= 15 is 0 Å². The van der Waals surface area contributed by atoms with Gasteiger partial charge in [0.05, 0.1) is 24.0 Å². The number of rotatable bonds is 3. The minimum Gasteiger partial charge on any atom is -0.497 e. The minimum atomic E-state index is -0.247. The summed E-state index contributed by atoms with van der Waals surface area (Å²) in [7, 11) is 1.56. The summed E-state index contributed by atoms with van der Waals surface area (Å²) in [5.41, 5.74) is 7.39. The number of anilines is 2. The standard InChI is InChI=1S/C14H13BrN2O2/c1-19-9-6-7-11(15)10(8-9)14(18)17-13-5-3-2-4-12(13)16/h2-8H,16H2,1H3,(H,17,18). The van der Waals surface area contributed by atoms with Gasteiger partial charge in [0, 0.05) is 4.47 Å². The summed E-state index contributed by atoms with van der Waals surface area (Å²) >= 11 is 3.34. The summed E-state index contributed by atoms with van der Waals surface area (Å²) in [4.78, 5) is 12.2. The van der Waals surface area contributed by atoms with Crippen molar-refractivity contribution in [3.8, 4) is 5.75 Å². The highest BCUT2D eigenvalue weighted by atomic mass is 79.9. The second-order valence-electron chi connectivity index (χ2n) is 3.89. The first kappa shape index (κ1) is 13.4. The molecule has 3 N–H and O–H groups in total. The van der Waals surface area contributed by atoms with Crippen molar-refractivity contribution >= 4 is 33.2 Å². The molecule has 2 aromatic rings. The zero-order valence-corrected chi connectivity index (χ0v) is 11.9. The van der Waals surface area contributed by atoms with Crippen molar-refractivity contribution in [3.05, 3.63) is 52.5 Å². The zero-order chi connectivity index (χ0) is 13.8. The fourth-order valence-corrected chi connectivity index (χ4v) is 2.03. The molecule has 5 heteroatoms. The maximum atomic E-state index is 12.2. The number of halogens is 1. The van der Waals surface area contributed by atoms with Gasteiger partial charge in [-0.05, 0) is 46.3 Å². The molecule has 0 spiro atoms. The number of nitrogens with two attached hydrogens (primary N) is 1. The van der Waals surface area contributed by atoms with Gasteiger partial charge in [-0.1, -0.05) is 12.1 Å². The van der Waals surface area contributed by atoms with E-state index in [1.165, 1.54) is 0 Å². The summed E-state index contributed by atoms with van der Waals surface area (Å²) in [6.07, 6.45) is 0. The van der Waals surface area contributed by atoms with Crippen molar-refractivity contribution in [2.75, 3.05) is 18.2 Å². The molecule has 19 heavy (non-hydrogen) atoms. The highest BCUT2D eigenvalue weighted by molar-refractivity contribution is 9.10. The minimum absolute atomic E-state index is 0.247. The van der Waals surface area contributed by atoms with Crippen molar-refractivity contribution < 1.29 is 9.53 Å². The number of carbonyl (C=O) groups is 1. The highest BCUT2D eigenvalue weighted by Crippen LogP contribution is 2.24. The molecule has 0 unspecified atom stereocenters. The second kappa shape index (κ2) is 5.75. The number of ether oxygens (including phenoxy) is 1. The van der Waals surface area contributed by atoms with E-state index in [1.807, 2.05) is 12.1 Å². The van der Waals surface area contributed by atoms with Crippen LogP contribution in [-0.4, -0.2) is 13.0 Å². The Morgan fingerprint density at radius 1 is 1.26 bits per heavy atom. The Hall–Kier alpha value is -2.01. The SMILES string of the molecule is COc1ccc(Br)c(C(=O)Nc2ccccc2N)c1. The molecular weight excluding hydrogens is 308 g/mol. The Labute approximate surface area is 119 Å². The number of hydrogen-bond acceptors (Lipinski definition) is 3. The summed E-state index contributed by atoms with van der Waals surface area (Å²) in [5.74, 6) is 0.373. The largest absolute Gasteiger partial charge is 0.497 e. The highest BCUT2D eigenvalue weighted by Gasteiger charge is 2.12. The number of nitrogen functional groups attached to an aromatic ring is 1. The van der Waals surface area contributed by atoms with E-state index in [-0.39, 0.29) is 5.91 Å². The smallest absolute Gasteiger partial charge is 0.257 e. The van der Waals surface area contributed by atoms with Gasteiger partial charge >= 0.3 is 0 Å². The maximum Gasteiger partial charge on any atom is 0.257 e. The second-order valence-corrected chi connectivity index (χ2v) is 4.74. The lowest BCUT2D eigenvalue weighted by Gasteiger charge is -2.10. The first-order valence-corrected chi connectivity index (χ1v) is 6.40. The van der Waals surface area contributed by atoms with Crippen LogP contribution in [0, 0.1) is 0 Å². The molecule has 0 aliphatic rings. The molecule has 2 aromatic carbocycles. The van der Waals surface area contributed by atoms with Crippen LogP contribution in [0.3, 0.4) is 0 Å². The predicted molar refractivity (Wildman–Crippen MR) is 79.5 cm³/mol. The first-order chi connectivity index (χ1) is 9.11. The summed E-state index contributed by atoms with van der Waals surface area (Å²) < 4.78 is 5.80. The number of methoxy groups -OCH3 is 1. The van der Waals surface area contributed by atoms with Gasteiger partial charge < -0.3 is 15.8 Å². The van der Waals surface area contributed by atoms with Crippen LogP contribution in [0.5, 0.6) is 5.75 Å². The quantitative estimate of drug-likeness (QED) is 0.853. The van der Waals surface area contributed by atoms with Gasteiger partial charge in [-0.3, -0.25) is 4.79 Å². The maximum absolute atomic E-state index is 12.2. The van der Waals surface area contributed by atoms with Gasteiger partial charge in [-0.15, -0.1) is 0 Å². The number of carbonyl (C=O) groups excluding carboxylic acids is 1. The van der Waals surface area contributed by atoms with Crippen LogP contribution < -0.4 is 15.8 Å². The number of para-hydroxylation sites is 2. The Morgan fingerprint density at radius 2 is 2.00 bits per heavy atom. The molecule has 0 saturated heterocycles. The van der Waals surface area contributed by atoms with E-state index in [9.17, 15) is 4.79 Å². The van der Waals surface area contributed by atoms with E-state index in [0.29, 0.717) is 27.2 Å². The van der Waals surface area contributed by atoms with Gasteiger partial charge in [0.1, 0.15) is 5.75 Å². The molecule has 0 atom stereocenters. The summed E-state index contributed by atoms with van der Waals surface area (Å²) in [5, 5.41) is 2.77. The van der Waals surface area contributed by atoms with Crippen LogP contribution in [0.25, 0.3) is 0 Å². The normalized spacial score (nSPS) is 10.0. The number of nitrogens with one attached hydrogen (secondary N) is 1. The lowest BCUT2D eigenvalue weighted by molar-refractivity contribution is 0.102. The van der Waals surface area contributed by atoms with Crippen LogP contribution in [0.15, 0.2) is 46.9 Å². The molecule has 0 radical (unpaired) electrons. The molecule has 0 fully saturated rings. The molecule has 4 nitrogen and oxygen atoms in total. The van der Waals surface area contributed by atoms with Crippen molar-refractivity contribution in [1.82, 2.24) is 0 Å². The average molecular weight is 321 g/mol. The fraction of sp³-hybridized carbons (Fsp3) is 0.0714. The van der Waals surface area contributed by atoms with Crippen molar-refractivity contribution in [2.24, 2.45) is 0 Å². The molecule has 98 valence electrons. The van der Waals surface area contributed by atoms with Gasteiger partial charge in [0.25, 0.3) is 5.91 Å². The van der Waals surface area contributed by atoms with Gasteiger partial charge in [-0.2, -0.15) is 0 Å². The third-order valence-corrected chi connectivity index (χ3v) is 3.32. The first-order valence-electron chi connectivity index (χ1n) is 5.61. The third kappa shape index (κ3) is 3.06. The van der Waals surface area contributed by atoms with E-state index in [0.717, 1.165) is 0 Å². The van der Waals surface area contributed by atoms with Crippen LogP contribution in [0.1, 0.15) is 10.4 Å². The molecule has 1 amide bonds. The van der Waals surface area contributed by atoms with Crippen LogP contribution in [-0.2, 0) is 0 Å². The monoisotopic (exact) mass is 320 g/mol. The predicted octanol–water partition coefficient (Wildman–Crippen LogP) is 3.29. The van der Waals surface area contributed by atoms with Gasteiger partial charge in [0.15, 0.2) is 0 Å². The van der Waals surface area contributed by atoms with Crippen LogP contribution >= 0.6 is 15.9 Å². The Balaban J connectivity index is 2.28. The number of benzene rings is 2. The van der Waals surface area contributed by atoms with Crippen molar-refractivity contribution in [3.63, 3.8) is 0 Å². The molecular formula is C14H13BrN2O2. The lowest BCUT2D eigenvalue weighted by atomic mass is 10.2. The van der Waals surface area contributed by atoms with Crippen LogP contribution in [0.4, 0.5) is 11.4 Å². The number of amides is 1. The van der Waals surface area contributed by atoms with Crippen LogP contribution in [0.2, 0.25) is 0 Å². The average Bonchev–Trinajstić information content (AvgIpc) is 2.42. The van der Waals surface area contributed by atoms with Gasteiger partial charge in [0.2, 0.25) is 0 Å². The van der Waals surface area contributed by atoms with E-state index in [4.69, 9.17) is 10.5 Å². The van der Waals surface area contributed by atoms with E-state index in [1.54, 1.807) is 37.4 Å².